The highest BCUT2D eigenvalue weighted by Gasteiger charge is 2.17. The minimum absolute atomic E-state index is 0.0465. The monoisotopic (exact) mass is 761 g/mol. The molecule has 0 spiro atoms. The zero-order valence-electron chi connectivity index (χ0n) is 32.3. The number of hydrogen-bond donors (Lipinski definition) is 0. The summed E-state index contributed by atoms with van der Waals surface area (Å²) in [5, 5.41) is 4.50. The normalized spacial score (nSPS) is 11.6. The highest BCUT2D eigenvalue weighted by molar-refractivity contribution is 6.06. The van der Waals surface area contributed by atoms with Gasteiger partial charge in [0.05, 0.1) is 11.0 Å². The predicted molar refractivity (Wildman–Crippen MR) is 239 cm³/mol. The van der Waals surface area contributed by atoms with E-state index in [2.05, 4.69) is 121 Å². The molecule has 0 radical (unpaired) electrons. The second-order valence-electron chi connectivity index (χ2n) is 15.0. The van der Waals surface area contributed by atoms with Crippen LogP contribution in [-0.4, -0.2) is 24.1 Å². The maximum absolute atomic E-state index is 12.6. The first-order valence-electron chi connectivity index (χ1n) is 19.6. The topological polar surface area (TPSA) is 78.7 Å². The molecule has 59 heavy (non-hydrogen) atoms. The van der Waals surface area contributed by atoms with E-state index < -0.39 is 0 Å². The molecule has 0 unspecified atom stereocenters. The zero-order valence-corrected chi connectivity index (χ0v) is 32.3. The third-order valence-electron chi connectivity index (χ3n) is 11.4. The van der Waals surface area contributed by atoms with Gasteiger partial charge in [-0.25, -0.2) is 19.7 Å². The van der Waals surface area contributed by atoms with Crippen LogP contribution in [0, 0.1) is 0 Å². The van der Waals surface area contributed by atoms with Gasteiger partial charge >= 0.3 is 5.69 Å². The van der Waals surface area contributed by atoms with E-state index in [1.165, 1.54) is 10.8 Å². The molecule has 0 N–H and O–H groups in total. The number of hydrogen-bond acceptors (Lipinski definition) is 5. The average molecular weight is 762 g/mol. The van der Waals surface area contributed by atoms with E-state index in [1.54, 1.807) is 23.2 Å². The third-order valence-corrected chi connectivity index (χ3v) is 11.4. The Labute approximate surface area is 339 Å². The van der Waals surface area contributed by atoms with Crippen LogP contribution >= 0.6 is 0 Å². The summed E-state index contributed by atoms with van der Waals surface area (Å²) >= 11 is 0. The van der Waals surface area contributed by atoms with Crippen molar-refractivity contribution in [2.45, 2.75) is 0 Å². The van der Waals surface area contributed by atoms with Crippen LogP contribution in [0.15, 0.2) is 185 Å². The Bertz CT molecular complexity index is 3480. The summed E-state index contributed by atoms with van der Waals surface area (Å²) in [6.45, 7) is 0. The van der Waals surface area contributed by atoms with Gasteiger partial charge in [-0.3, -0.25) is 9.13 Å². The zero-order chi connectivity index (χ0) is 39.6. The van der Waals surface area contributed by atoms with Gasteiger partial charge in [0.15, 0.2) is 17.5 Å². The molecule has 7 heteroatoms. The van der Waals surface area contributed by atoms with E-state index in [0.29, 0.717) is 17.5 Å². The lowest BCUT2D eigenvalue weighted by Crippen LogP contribution is -2.19. The molecule has 3 heterocycles. The van der Waals surface area contributed by atoms with Crippen LogP contribution in [0.3, 0.4) is 0 Å². The molecule has 0 saturated carbocycles. The molecule has 0 aliphatic rings. The van der Waals surface area contributed by atoms with Gasteiger partial charge in [0.25, 0.3) is 0 Å². The first-order chi connectivity index (χ1) is 28.9. The largest absolute Gasteiger partial charge is 0.456 e. The standard InChI is InChI=1S/C52H35N5O2/c1-56-45-25-23-37(31-46(45)57(2)52(56)58)32-19-21-35(22-20-32)50-53-49(34-12-4-3-5-13-34)54-51(55-50)40-28-38(27-39(29-40)42-17-10-14-33-11-6-7-15-41(33)42)36-24-26-48-44(30-36)43-16-8-9-18-47(43)59-48/h3-31H,1-2H3. The predicted octanol–water partition coefficient (Wildman–Crippen LogP) is 12.1. The van der Waals surface area contributed by atoms with Gasteiger partial charge in [-0.1, -0.05) is 127 Å². The van der Waals surface area contributed by atoms with Crippen molar-refractivity contribution in [2.75, 3.05) is 0 Å². The van der Waals surface area contributed by atoms with Crippen LogP contribution in [-0.2, 0) is 14.1 Å². The van der Waals surface area contributed by atoms with Gasteiger partial charge < -0.3 is 4.42 Å². The Hall–Kier alpha value is -7.90. The van der Waals surface area contributed by atoms with E-state index >= 15 is 0 Å². The minimum Gasteiger partial charge on any atom is -0.456 e. The average Bonchev–Trinajstić information content (AvgIpc) is 3.78. The van der Waals surface area contributed by atoms with E-state index in [9.17, 15) is 4.79 Å². The molecule has 280 valence electrons. The number of benzene rings is 8. The number of fused-ring (bicyclic) bond motifs is 5. The number of furan rings is 1. The van der Waals surface area contributed by atoms with Crippen LogP contribution in [0.4, 0.5) is 0 Å². The SMILES string of the molecule is Cn1c(=O)n(C)c2cc(-c3ccc(-c4nc(-c5ccccc5)nc(-c5cc(-c6ccc7oc8ccccc8c7c6)cc(-c6cccc7ccccc67)c5)n4)cc3)ccc21. The number of imidazole rings is 1. The van der Waals surface area contributed by atoms with Gasteiger partial charge in [-0.15, -0.1) is 0 Å². The summed E-state index contributed by atoms with van der Waals surface area (Å²) in [5.74, 6) is 1.74. The minimum atomic E-state index is -0.0465. The molecule has 7 nitrogen and oxygen atoms in total. The van der Waals surface area contributed by atoms with Crippen LogP contribution in [0.25, 0.3) is 111 Å². The van der Waals surface area contributed by atoms with Gasteiger partial charge in [-0.2, -0.15) is 0 Å². The van der Waals surface area contributed by atoms with Crippen molar-refractivity contribution in [3.63, 3.8) is 0 Å². The summed E-state index contributed by atoms with van der Waals surface area (Å²) in [5.41, 5.74) is 12.4. The van der Waals surface area contributed by atoms with Crippen molar-refractivity contribution in [1.29, 1.82) is 0 Å². The Morgan fingerprint density at radius 2 is 0.949 bits per heavy atom. The molecular formula is C52H35N5O2. The van der Waals surface area contributed by atoms with Crippen molar-refractivity contribution in [3.05, 3.63) is 186 Å². The second kappa shape index (κ2) is 13.6. The van der Waals surface area contributed by atoms with Crippen LogP contribution in [0.2, 0.25) is 0 Å². The van der Waals surface area contributed by atoms with Gasteiger partial charge in [0, 0.05) is 41.6 Å². The first-order valence-corrected chi connectivity index (χ1v) is 19.6. The van der Waals surface area contributed by atoms with Crippen LogP contribution < -0.4 is 5.69 Å². The Kier molecular flexibility index (Phi) is 7.94. The molecule has 0 aliphatic carbocycles. The number of aryl methyl sites for hydroxylation is 2. The molecule has 0 fully saturated rings. The molecule has 8 aromatic carbocycles. The highest BCUT2D eigenvalue weighted by atomic mass is 16.3. The number of aromatic nitrogens is 5. The molecule has 0 aliphatic heterocycles. The van der Waals surface area contributed by atoms with E-state index in [1.807, 2.05) is 54.6 Å². The summed E-state index contributed by atoms with van der Waals surface area (Å²) < 4.78 is 9.56. The van der Waals surface area contributed by atoms with Gasteiger partial charge in [0.1, 0.15) is 11.2 Å². The maximum atomic E-state index is 12.6. The third kappa shape index (κ3) is 5.91. The maximum Gasteiger partial charge on any atom is 0.328 e. The Balaban J connectivity index is 1.08. The lowest BCUT2D eigenvalue weighted by Gasteiger charge is -2.14. The lowest BCUT2D eigenvalue weighted by atomic mass is 9.92. The molecule has 3 aromatic heterocycles. The van der Waals surface area contributed by atoms with Crippen molar-refractivity contribution >= 4 is 43.7 Å². The quantitative estimate of drug-likeness (QED) is 0.169. The smallest absolute Gasteiger partial charge is 0.328 e. The molecule has 0 amide bonds. The summed E-state index contributed by atoms with van der Waals surface area (Å²) in [4.78, 5) is 28.0. The van der Waals surface area contributed by atoms with Crippen LogP contribution in [0.1, 0.15) is 0 Å². The molecule has 11 aromatic rings. The van der Waals surface area contributed by atoms with Crippen molar-refractivity contribution < 1.29 is 4.42 Å². The number of para-hydroxylation sites is 1. The summed E-state index contributed by atoms with van der Waals surface area (Å²) in [7, 11) is 3.61. The summed E-state index contributed by atoms with van der Waals surface area (Å²) in [6.07, 6.45) is 0. The van der Waals surface area contributed by atoms with E-state index in [0.717, 1.165) is 83.0 Å². The van der Waals surface area contributed by atoms with Crippen molar-refractivity contribution in [3.8, 4) is 67.5 Å². The van der Waals surface area contributed by atoms with Crippen LogP contribution in [0.5, 0.6) is 0 Å². The molecule has 0 saturated heterocycles. The molecular weight excluding hydrogens is 727 g/mol. The molecule has 0 bridgehead atoms. The van der Waals surface area contributed by atoms with E-state index in [4.69, 9.17) is 19.4 Å². The van der Waals surface area contributed by atoms with Crippen molar-refractivity contribution in [1.82, 2.24) is 24.1 Å². The number of nitrogens with zero attached hydrogens (tertiary/aromatic N) is 5. The van der Waals surface area contributed by atoms with Crippen molar-refractivity contribution in [2.24, 2.45) is 14.1 Å². The Morgan fingerprint density at radius 1 is 0.390 bits per heavy atom. The Morgan fingerprint density at radius 3 is 1.76 bits per heavy atom. The molecule has 11 rings (SSSR count). The fourth-order valence-electron chi connectivity index (χ4n) is 8.31. The van der Waals surface area contributed by atoms with Gasteiger partial charge in [0.2, 0.25) is 0 Å². The fraction of sp³-hybridized carbons (Fsp3) is 0.0385. The molecule has 0 atom stereocenters. The first kappa shape index (κ1) is 34.4. The van der Waals surface area contributed by atoms with Gasteiger partial charge in [-0.05, 0) is 92.7 Å². The fourth-order valence-corrected chi connectivity index (χ4v) is 8.31. The summed E-state index contributed by atoms with van der Waals surface area (Å²) in [6, 6.07) is 60.6. The second-order valence-corrected chi connectivity index (χ2v) is 15.0. The highest BCUT2D eigenvalue weighted by Crippen LogP contribution is 2.38. The lowest BCUT2D eigenvalue weighted by molar-refractivity contribution is 0.669. The number of rotatable bonds is 6. The van der Waals surface area contributed by atoms with E-state index in [-0.39, 0.29) is 5.69 Å².